The van der Waals surface area contributed by atoms with Gasteiger partial charge in [-0.2, -0.15) is 0 Å². The van der Waals surface area contributed by atoms with Crippen molar-refractivity contribution in [2.75, 3.05) is 6.54 Å². The highest BCUT2D eigenvalue weighted by atomic mass is 35.5. The number of pyridine rings is 1. The number of amides is 1. The number of nitrogens with one attached hydrogen (secondary N) is 1. The number of aromatic nitrogens is 1. The predicted octanol–water partition coefficient (Wildman–Crippen LogP) is 2.75. The van der Waals surface area contributed by atoms with Gasteiger partial charge in [0.05, 0.1) is 0 Å². The lowest BCUT2D eigenvalue weighted by Crippen LogP contribution is -2.24. The summed E-state index contributed by atoms with van der Waals surface area (Å²) in [5, 5.41) is 3.38. The van der Waals surface area contributed by atoms with Gasteiger partial charge in [0.25, 0.3) is 5.91 Å². The van der Waals surface area contributed by atoms with Gasteiger partial charge in [-0.05, 0) is 43.2 Å². The van der Waals surface area contributed by atoms with Crippen LogP contribution in [-0.4, -0.2) is 17.4 Å². The molecule has 4 heteroatoms. The van der Waals surface area contributed by atoms with Crippen molar-refractivity contribution >= 4 is 17.5 Å². The number of hydrogen-bond acceptors (Lipinski definition) is 2. The molecule has 0 unspecified atom stereocenters. The molecule has 0 spiro atoms. The molecule has 0 aliphatic rings. The second kappa shape index (κ2) is 7.47. The molecule has 1 heterocycles. The van der Waals surface area contributed by atoms with Crippen molar-refractivity contribution in [2.45, 2.75) is 13.3 Å². The number of carbonyl (C=O) groups excluding carboxylic acids is 1. The molecule has 0 atom stereocenters. The quantitative estimate of drug-likeness (QED) is 0.885. The van der Waals surface area contributed by atoms with Crippen LogP contribution < -0.4 is 5.32 Å². The van der Waals surface area contributed by atoms with E-state index >= 15 is 0 Å². The molecule has 0 fully saturated rings. The molecule has 1 amide bonds. The number of halogens is 1. The van der Waals surface area contributed by atoms with Crippen LogP contribution in [0.5, 0.6) is 0 Å². The van der Waals surface area contributed by atoms with Gasteiger partial charge in [0, 0.05) is 34.9 Å². The third kappa shape index (κ3) is 4.94. The second-order valence-corrected chi connectivity index (χ2v) is 4.95. The molecule has 3 nitrogen and oxygen atoms in total. The largest absolute Gasteiger partial charge is 0.345 e. The van der Waals surface area contributed by atoms with Crippen LogP contribution in [0, 0.1) is 18.8 Å². The Hall–Kier alpha value is -2.31. The van der Waals surface area contributed by atoms with Crippen molar-refractivity contribution in [1.29, 1.82) is 0 Å². The molecule has 106 valence electrons. The number of benzene rings is 1. The molecule has 0 radical (unpaired) electrons. The molecule has 21 heavy (non-hydrogen) atoms. The van der Waals surface area contributed by atoms with Crippen molar-refractivity contribution in [1.82, 2.24) is 10.3 Å². The van der Waals surface area contributed by atoms with E-state index in [1.807, 2.05) is 25.1 Å². The number of nitrogens with zero attached hydrogens (tertiary/aromatic N) is 1. The Bertz CT molecular complexity index is 701. The zero-order valence-corrected chi connectivity index (χ0v) is 12.4. The van der Waals surface area contributed by atoms with Crippen LogP contribution in [0.1, 0.15) is 16.8 Å². The molecule has 0 saturated heterocycles. The summed E-state index contributed by atoms with van der Waals surface area (Å²) in [5.74, 6) is 5.04. The molecule has 0 bridgehead atoms. The van der Waals surface area contributed by atoms with E-state index in [0.717, 1.165) is 23.2 Å². The smallest absolute Gasteiger partial charge is 0.296 e. The van der Waals surface area contributed by atoms with Gasteiger partial charge in [-0.3, -0.25) is 9.78 Å². The molecular formula is C17H15ClN2O. The summed E-state index contributed by atoms with van der Waals surface area (Å²) in [5.41, 5.74) is 2.83. The van der Waals surface area contributed by atoms with E-state index < -0.39 is 0 Å². The van der Waals surface area contributed by atoms with Crippen LogP contribution in [0.2, 0.25) is 5.02 Å². The number of hydrogen-bond donors (Lipinski definition) is 1. The topological polar surface area (TPSA) is 42.0 Å². The van der Waals surface area contributed by atoms with Gasteiger partial charge in [-0.25, -0.2) is 0 Å². The minimum Gasteiger partial charge on any atom is -0.345 e. The standard InChI is InChI=1S/C17H15ClN2O/c1-13-15(5-3-10-19-13)9-11-20-17(21)8-7-14-4-2-6-16(18)12-14/h2-6,10,12H,9,11H2,1H3,(H,20,21). The first-order chi connectivity index (χ1) is 10.1. The van der Waals surface area contributed by atoms with Gasteiger partial charge < -0.3 is 5.32 Å². The highest BCUT2D eigenvalue weighted by molar-refractivity contribution is 6.30. The summed E-state index contributed by atoms with van der Waals surface area (Å²) in [4.78, 5) is 15.9. The minimum atomic E-state index is -0.295. The summed E-state index contributed by atoms with van der Waals surface area (Å²) in [6.07, 6.45) is 2.50. The maximum atomic E-state index is 11.6. The number of carbonyl (C=O) groups is 1. The normalized spacial score (nSPS) is 9.62. The van der Waals surface area contributed by atoms with Crippen molar-refractivity contribution in [3.8, 4) is 11.8 Å². The fourth-order valence-corrected chi connectivity index (χ4v) is 2.02. The zero-order chi connectivity index (χ0) is 15.1. The first kappa shape index (κ1) is 15.1. The van der Waals surface area contributed by atoms with Crippen LogP contribution >= 0.6 is 11.6 Å². The lowest BCUT2D eigenvalue weighted by Gasteiger charge is -2.04. The second-order valence-electron chi connectivity index (χ2n) is 4.51. The molecule has 1 aromatic carbocycles. The highest BCUT2D eigenvalue weighted by Gasteiger charge is 1.99. The van der Waals surface area contributed by atoms with Gasteiger partial charge in [-0.15, -0.1) is 0 Å². The lowest BCUT2D eigenvalue weighted by atomic mass is 10.1. The predicted molar refractivity (Wildman–Crippen MR) is 84.0 cm³/mol. The fraction of sp³-hybridized carbons (Fsp3) is 0.176. The van der Waals surface area contributed by atoms with Crippen molar-refractivity contribution in [2.24, 2.45) is 0 Å². The first-order valence-electron chi connectivity index (χ1n) is 6.61. The summed E-state index contributed by atoms with van der Waals surface area (Å²) in [6.45, 7) is 2.49. The molecule has 1 aromatic heterocycles. The monoisotopic (exact) mass is 298 g/mol. The summed E-state index contributed by atoms with van der Waals surface area (Å²) < 4.78 is 0. The van der Waals surface area contributed by atoms with E-state index in [9.17, 15) is 4.79 Å². The van der Waals surface area contributed by atoms with Gasteiger partial charge in [-0.1, -0.05) is 29.7 Å². The van der Waals surface area contributed by atoms with E-state index in [0.29, 0.717) is 11.6 Å². The molecule has 0 saturated carbocycles. The number of aryl methyl sites for hydroxylation is 1. The number of rotatable bonds is 3. The maximum Gasteiger partial charge on any atom is 0.296 e. The average Bonchev–Trinajstić information content (AvgIpc) is 2.47. The lowest BCUT2D eigenvalue weighted by molar-refractivity contribution is -0.115. The zero-order valence-electron chi connectivity index (χ0n) is 11.7. The van der Waals surface area contributed by atoms with Gasteiger partial charge in [0.2, 0.25) is 0 Å². The SMILES string of the molecule is Cc1ncccc1CCNC(=O)C#Cc1cccc(Cl)c1. The van der Waals surface area contributed by atoms with Crippen LogP contribution in [0.3, 0.4) is 0 Å². The summed E-state index contributed by atoms with van der Waals surface area (Å²) in [6, 6.07) is 11.0. The van der Waals surface area contributed by atoms with E-state index in [1.54, 1.807) is 24.4 Å². The molecule has 1 N–H and O–H groups in total. The summed E-state index contributed by atoms with van der Waals surface area (Å²) in [7, 11) is 0. The van der Waals surface area contributed by atoms with Gasteiger partial charge in [0.1, 0.15) is 0 Å². The van der Waals surface area contributed by atoms with Crippen LogP contribution in [0.15, 0.2) is 42.6 Å². The summed E-state index contributed by atoms with van der Waals surface area (Å²) >= 11 is 5.85. The van der Waals surface area contributed by atoms with Crippen LogP contribution in [-0.2, 0) is 11.2 Å². The molecular weight excluding hydrogens is 284 g/mol. The Balaban J connectivity index is 1.85. The maximum absolute atomic E-state index is 11.6. The highest BCUT2D eigenvalue weighted by Crippen LogP contribution is 2.09. The molecule has 0 aliphatic carbocycles. The van der Waals surface area contributed by atoms with E-state index in [4.69, 9.17) is 11.6 Å². The van der Waals surface area contributed by atoms with Gasteiger partial charge >= 0.3 is 0 Å². The molecule has 2 rings (SSSR count). The van der Waals surface area contributed by atoms with E-state index in [-0.39, 0.29) is 5.91 Å². The minimum absolute atomic E-state index is 0.295. The fourth-order valence-electron chi connectivity index (χ4n) is 1.83. The Morgan fingerprint density at radius 1 is 1.33 bits per heavy atom. The van der Waals surface area contributed by atoms with Gasteiger partial charge in [0.15, 0.2) is 0 Å². The Labute approximate surface area is 129 Å². The van der Waals surface area contributed by atoms with Crippen molar-refractivity contribution in [3.05, 3.63) is 64.4 Å². The van der Waals surface area contributed by atoms with Crippen molar-refractivity contribution < 1.29 is 4.79 Å². The third-order valence-corrected chi connectivity index (χ3v) is 3.18. The van der Waals surface area contributed by atoms with Crippen LogP contribution in [0.4, 0.5) is 0 Å². The molecule has 0 aliphatic heterocycles. The Morgan fingerprint density at radius 3 is 2.95 bits per heavy atom. The van der Waals surface area contributed by atoms with Crippen LogP contribution in [0.25, 0.3) is 0 Å². The van der Waals surface area contributed by atoms with Crippen molar-refractivity contribution in [3.63, 3.8) is 0 Å². The Morgan fingerprint density at radius 2 is 2.19 bits per heavy atom. The van der Waals surface area contributed by atoms with E-state index in [2.05, 4.69) is 22.1 Å². The first-order valence-corrected chi connectivity index (χ1v) is 6.99. The Kier molecular flexibility index (Phi) is 5.36. The average molecular weight is 299 g/mol. The van der Waals surface area contributed by atoms with E-state index in [1.165, 1.54) is 0 Å². The third-order valence-electron chi connectivity index (χ3n) is 2.94. The molecule has 2 aromatic rings.